The lowest BCUT2D eigenvalue weighted by atomic mass is 10.1. The maximum Gasteiger partial charge on any atom is 0.219 e. The second-order valence-electron chi connectivity index (χ2n) is 5.03. The van der Waals surface area contributed by atoms with Gasteiger partial charge in [-0.1, -0.05) is 0 Å². The Balaban J connectivity index is 2.50. The van der Waals surface area contributed by atoms with E-state index in [1.165, 1.54) is 0 Å². The van der Waals surface area contributed by atoms with Gasteiger partial charge in [0, 0.05) is 12.1 Å². The maximum atomic E-state index is 13.5. The van der Waals surface area contributed by atoms with Crippen molar-refractivity contribution in [3.05, 3.63) is 29.6 Å². The lowest BCUT2D eigenvalue weighted by molar-refractivity contribution is -0.580. The van der Waals surface area contributed by atoms with Gasteiger partial charge in [-0.3, -0.25) is 0 Å². The third kappa shape index (κ3) is 5.47. The molecule has 1 rings (SSSR count). The van der Waals surface area contributed by atoms with Crippen LogP contribution in [0.1, 0.15) is 19.8 Å². The summed E-state index contributed by atoms with van der Waals surface area (Å²) >= 11 is 0. The van der Waals surface area contributed by atoms with Gasteiger partial charge >= 0.3 is 0 Å². The standard InChI is InChI=1S/C14H16F7N/c1-7(15)9(17)2-3-10(18)12(20)6-22-13-5-8(16)4-11(19)14(13)21/h4-5,7,9-10,12,22H,2-3,6H2,1H3/p+1. The van der Waals surface area contributed by atoms with Gasteiger partial charge in [-0.15, -0.1) is 0 Å². The predicted octanol–water partition coefficient (Wildman–Crippen LogP) is 3.45. The van der Waals surface area contributed by atoms with Crippen LogP contribution >= 0.6 is 0 Å². The summed E-state index contributed by atoms with van der Waals surface area (Å²) in [6.45, 7) is 0.336. The number of rotatable bonds is 8. The van der Waals surface area contributed by atoms with Crippen molar-refractivity contribution in [2.24, 2.45) is 0 Å². The molecule has 0 spiro atoms. The molecule has 0 aliphatic heterocycles. The highest BCUT2D eigenvalue weighted by Crippen LogP contribution is 2.17. The summed E-state index contributed by atoms with van der Waals surface area (Å²) in [5, 5.41) is 0.823. The molecule has 4 unspecified atom stereocenters. The molecule has 0 amide bonds. The molecule has 0 aliphatic carbocycles. The summed E-state index contributed by atoms with van der Waals surface area (Å²) in [5.74, 6) is -3.84. The number of hydrogen-bond donors (Lipinski definition) is 1. The van der Waals surface area contributed by atoms with Crippen LogP contribution in [0.2, 0.25) is 0 Å². The van der Waals surface area contributed by atoms with Gasteiger partial charge in [0.1, 0.15) is 30.9 Å². The number of nitrogens with two attached hydrogens (primary N) is 1. The second kappa shape index (κ2) is 8.36. The first-order chi connectivity index (χ1) is 10.2. The first-order valence-electron chi connectivity index (χ1n) is 6.76. The summed E-state index contributed by atoms with van der Waals surface area (Å²) in [5.41, 5.74) is -0.520. The molecule has 1 nitrogen and oxygen atoms in total. The second-order valence-corrected chi connectivity index (χ2v) is 5.03. The van der Waals surface area contributed by atoms with E-state index in [0.717, 1.165) is 12.2 Å². The van der Waals surface area contributed by atoms with E-state index in [0.29, 0.717) is 12.1 Å². The minimum atomic E-state index is -2.10. The monoisotopic (exact) mass is 332 g/mol. The van der Waals surface area contributed by atoms with Crippen molar-refractivity contribution >= 4 is 5.69 Å². The molecule has 0 fully saturated rings. The molecule has 0 aliphatic rings. The van der Waals surface area contributed by atoms with Crippen LogP contribution in [-0.4, -0.2) is 31.2 Å². The molecule has 8 heteroatoms. The number of alkyl halides is 4. The number of hydrogen-bond acceptors (Lipinski definition) is 0. The quantitative estimate of drug-likeness (QED) is 0.427. The first kappa shape index (κ1) is 18.7. The van der Waals surface area contributed by atoms with Crippen molar-refractivity contribution in [2.45, 2.75) is 44.5 Å². The molecular weight excluding hydrogens is 315 g/mol. The van der Waals surface area contributed by atoms with Crippen molar-refractivity contribution in [2.75, 3.05) is 6.54 Å². The minimum absolute atomic E-state index is 0.330. The van der Waals surface area contributed by atoms with Crippen LogP contribution in [0.3, 0.4) is 0 Å². The summed E-state index contributed by atoms with van der Waals surface area (Å²) in [4.78, 5) is 0. The zero-order chi connectivity index (χ0) is 16.9. The zero-order valence-electron chi connectivity index (χ0n) is 11.8. The van der Waals surface area contributed by atoms with Crippen LogP contribution in [0.25, 0.3) is 0 Å². The molecule has 0 saturated carbocycles. The molecule has 0 radical (unpaired) electrons. The van der Waals surface area contributed by atoms with E-state index in [9.17, 15) is 30.7 Å². The van der Waals surface area contributed by atoms with Crippen molar-refractivity contribution in [3.8, 4) is 0 Å². The van der Waals surface area contributed by atoms with Gasteiger partial charge in [0.05, 0.1) is 0 Å². The Morgan fingerprint density at radius 3 is 2.09 bits per heavy atom. The van der Waals surface area contributed by atoms with Crippen molar-refractivity contribution in [3.63, 3.8) is 0 Å². The van der Waals surface area contributed by atoms with E-state index in [1.54, 1.807) is 0 Å². The van der Waals surface area contributed by atoms with E-state index < -0.39 is 67.2 Å². The fraction of sp³-hybridized carbons (Fsp3) is 0.571. The van der Waals surface area contributed by atoms with Crippen LogP contribution in [0.15, 0.2) is 12.1 Å². The highest BCUT2D eigenvalue weighted by atomic mass is 19.2. The van der Waals surface area contributed by atoms with Crippen LogP contribution in [-0.2, 0) is 0 Å². The minimum Gasteiger partial charge on any atom is -0.309 e. The van der Waals surface area contributed by atoms with Crippen molar-refractivity contribution in [1.29, 1.82) is 0 Å². The van der Waals surface area contributed by atoms with Gasteiger partial charge in [0.15, 0.2) is 17.7 Å². The Morgan fingerprint density at radius 1 is 0.909 bits per heavy atom. The molecule has 0 saturated heterocycles. The normalized spacial score (nSPS) is 17.1. The number of benzene rings is 1. The highest BCUT2D eigenvalue weighted by Gasteiger charge is 2.26. The SMILES string of the molecule is CC(F)C(F)CCC(F)C(F)C[NH2+]c1cc(F)cc(F)c1F. The number of halogens is 7. The summed E-state index contributed by atoms with van der Waals surface area (Å²) in [6, 6.07) is 0.984. The summed E-state index contributed by atoms with van der Waals surface area (Å²) in [6.07, 6.45) is -8.86. The fourth-order valence-corrected chi connectivity index (χ4v) is 1.84. The molecule has 0 heterocycles. The Morgan fingerprint density at radius 2 is 1.50 bits per heavy atom. The molecular formula is C14H17F7N+. The van der Waals surface area contributed by atoms with Gasteiger partial charge in [-0.25, -0.2) is 26.3 Å². The third-order valence-corrected chi connectivity index (χ3v) is 3.19. The largest absolute Gasteiger partial charge is 0.309 e. The Hall–Kier alpha value is -1.31. The average molecular weight is 332 g/mol. The third-order valence-electron chi connectivity index (χ3n) is 3.19. The zero-order valence-corrected chi connectivity index (χ0v) is 11.8. The van der Waals surface area contributed by atoms with Crippen LogP contribution in [0.5, 0.6) is 0 Å². The van der Waals surface area contributed by atoms with E-state index in [1.807, 2.05) is 0 Å². The van der Waals surface area contributed by atoms with Gasteiger partial charge < -0.3 is 5.32 Å². The van der Waals surface area contributed by atoms with Gasteiger partial charge in [-0.2, -0.15) is 4.39 Å². The lowest BCUT2D eigenvalue weighted by Gasteiger charge is -2.14. The topological polar surface area (TPSA) is 16.6 Å². The van der Waals surface area contributed by atoms with E-state index in [4.69, 9.17) is 0 Å². The Labute approximate surface area is 123 Å². The number of quaternary nitrogens is 1. The van der Waals surface area contributed by atoms with Gasteiger partial charge in [0.25, 0.3) is 0 Å². The van der Waals surface area contributed by atoms with Gasteiger partial charge in [-0.05, 0) is 19.8 Å². The summed E-state index contributed by atoms with van der Waals surface area (Å²) in [7, 11) is 0. The molecule has 4 atom stereocenters. The van der Waals surface area contributed by atoms with Crippen LogP contribution in [0, 0.1) is 17.5 Å². The van der Waals surface area contributed by atoms with Crippen LogP contribution in [0.4, 0.5) is 36.4 Å². The molecule has 22 heavy (non-hydrogen) atoms. The highest BCUT2D eigenvalue weighted by molar-refractivity contribution is 5.31. The molecule has 126 valence electrons. The Bertz CT molecular complexity index is 481. The van der Waals surface area contributed by atoms with Crippen molar-refractivity contribution < 1.29 is 36.0 Å². The van der Waals surface area contributed by atoms with Gasteiger partial charge in [0.2, 0.25) is 5.82 Å². The van der Waals surface area contributed by atoms with Crippen LogP contribution < -0.4 is 5.32 Å². The fourth-order valence-electron chi connectivity index (χ4n) is 1.84. The molecule has 2 N–H and O–H groups in total. The smallest absolute Gasteiger partial charge is 0.219 e. The van der Waals surface area contributed by atoms with Crippen molar-refractivity contribution in [1.82, 2.24) is 0 Å². The summed E-state index contributed by atoms with van der Waals surface area (Å²) < 4.78 is 91.6. The van der Waals surface area contributed by atoms with E-state index in [2.05, 4.69) is 0 Å². The van der Waals surface area contributed by atoms with E-state index in [-0.39, 0.29) is 0 Å². The molecule has 0 bridgehead atoms. The molecule has 1 aromatic carbocycles. The molecule has 0 aromatic heterocycles. The lowest BCUT2D eigenvalue weighted by Crippen LogP contribution is -2.81. The Kier molecular flexibility index (Phi) is 7.12. The van der Waals surface area contributed by atoms with E-state index >= 15 is 0 Å². The maximum absolute atomic E-state index is 13.5. The average Bonchev–Trinajstić information content (AvgIpc) is 2.45. The first-order valence-corrected chi connectivity index (χ1v) is 6.76. The molecule has 1 aromatic rings. The predicted molar refractivity (Wildman–Crippen MR) is 67.3 cm³/mol.